The number of rotatable bonds is 6. The van der Waals surface area contributed by atoms with Gasteiger partial charge in [-0.1, -0.05) is 19.8 Å². The van der Waals surface area contributed by atoms with Crippen LogP contribution in [0, 0.1) is 5.41 Å². The Balaban J connectivity index is 2.05. The first kappa shape index (κ1) is 15.5. The number of hydrogen-bond donors (Lipinski definition) is 1. The topological polar surface area (TPSA) is 56.1 Å². The van der Waals surface area contributed by atoms with Crippen LogP contribution in [0.4, 0.5) is 5.69 Å². The predicted octanol–water partition coefficient (Wildman–Crippen LogP) is 2.64. The van der Waals surface area contributed by atoms with E-state index in [1.807, 2.05) is 0 Å². The Kier molecular flexibility index (Phi) is 5.21. The van der Waals surface area contributed by atoms with Gasteiger partial charge in [0.25, 0.3) is 5.56 Å². The molecule has 5 nitrogen and oxygen atoms in total. The maximum atomic E-state index is 12.1. The summed E-state index contributed by atoms with van der Waals surface area (Å²) in [6.45, 7) is 4.12. The summed E-state index contributed by atoms with van der Waals surface area (Å²) in [6, 6.07) is 0. The van der Waals surface area contributed by atoms with Gasteiger partial charge in [0.1, 0.15) is 4.47 Å². The van der Waals surface area contributed by atoms with Gasteiger partial charge in [0.05, 0.1) is 25.0 Å². The van der Waals surface area contributed by atoms with E-state index >= 15 is 0 Å². The van der Waals surface area contributed by atoms with Gasteiger partial charge in [-0.15, -0.1) is 0 Å². The molecule has 0 amide bonds. The SMILES string of the molecule is COCCn1ncc(NCC2(C)CCCC2)c(Br)c1=O. The van der Waals surface area contributed by atoms with Crippen LogP contribution in [-0.2, 0) is 11.3 Å². The summed E-state index contributed by atoms with van der Waals surface area (Å²) in [7, 11) is 1.61. The molecule has 1 aliphatic carbocycles. The van der Waals surface area contributed by atoms with E-state index < -0.39 is 0 Å². The average molecular weight is 344 g/mol. The van der Waals surface area contributed by atoms with Crippen LogP contribution >= 0.6 is 15.9 Å². The van der Waals surface area contributed by atoms with Crippen molar-refractivity contribution in [2.24, 2.45) is 5.41 Å². The van der Waals surface area contributed by atoms with Crippen LogP contribution in [0.5, 0.6) is 0 Å². The number of hydrogen-bond acceptors (Lipinski definition) is 4. The van der Waals surface area contributed by atoms with Crippen molar-refractivity contribution in [2.45, 2.75) is 39.2 Å². The highest BCUT2D eigenvalue weighted by atomic mass is 79.9. The summed E-state index contributed by atoms with van der Waals surface area (Å²) in [4.78, 5) is 12.1. The van der Waals surface area contributed by atoms with Crippen molar-refractivity contribution in [3.63, 3.8) is 0 Å². The standard InChI is InChI=1S/C14H22BrN3O2/c1-14(5-3-4-6-14)10-16-11-9-17-18(7-8-20-2)13(19)12(11)15/h9,16H,3-8,10H2,1-2H3. The molecule has 1 saturated carbocycles. The van der Waals surface area contributed by atoms with Crippen molar-refractivity contribution < 1.29 is 4.74 Å². The number of anilines is 1. The zero-order chi connectivity index (χ0) is 14.6. The highest BCUT2D eigenvalue weighted by Crippen LogP contribution is 2.37. The smallest absolute Gasteiger partial charge is 0.283 e. The summed E-state index contributed by atoms with van der Waals surface area (Å²) in [5, 5.41) is 7.54. The minimum atomic E-state index is -0.122. The van der Waals surface area contributed by atoms with E-state index in [1.165, 1.54) is 30.4 Å². The highest BCUT2D eigenvalue weighted by Gasteiger charge is 2.28. The molecular weight excluding hydrogens is 322 g/mol. The van der Waals surface area contributed by atoms with Crippen LogP contribution in [0.25, 0.3) is 0 Å². The maximum absolute atomic E-state index is 12.1. The molecule has 1 aromatic rings. The zero-order valence-electron chi connectivity index (χ0n) is 12.1. The summed E-state index contributed by atoms with van der Waals surface area (Å²) >= 11 is 3.37. The van der Waals surface area contributed by atoms with Gasteiger partial charge in [0, 0.05) is 13.7 Å². The van der Waals surface area contributed by atoms with Crippen molar-refractivity contribution in [1.82, 2.24) is 9.78 Å². The van der Waals surface area contributed by atoms with Crippen molar-refractivity contribution in [2.75, 3.05) is 25.6 Å². The molecule has 0 radical (unpaired) electrons. The summed E-state index contributed by atoms with van der Waals surface area (Å²) < 4.78 is 6.93. The lowest BCUT2D eigenvalue weighted by molar-refractivity contribution is 0.181. The molecule has 1 N–H and O–H groups in total. The lowest BCUT2D eigenvalue weighted by Crippen LogP contribution is -2.28. The van der Waals surface area contributed by atoms with Gasteiger partial charge in [-0.05, 0) is 34.2 Å². The Labute approximate surface area is 127 Å². The number of nitrogens with one attached hydrogen (secondary N) is 1. The Hall–Kier alpha value is -0.880. The molecule has 1 fully saturated rings. The molecule has 0 unspecified atom stereocenters. The average Bonchev–Trinajstić information content (AvgIpc) is 2.87. The molecule has 1 aromatic heterocycles. The van der Waals surface area contributed by atoms with E-state index in [0.29, 0.717) is 23.0 Å². The predicted molar refractivity (Wildman–Crippen MR) is 83.1 cm³/mol. The largest absolute Gasteiger partial charge is 0.383 e. The molecule has 0 atom stereocenters. The molecule has 1 aliphatic rings. The van der Waals surface area contributed by atoms with Gasteiger partial charge in [-0.3, -0.25) is 4.79 Å². The summed E-state index contributed by atoms with van der Waals surface area (Å²) in [6.07, 6.45) is 6.80. The minimum absolute atomic E-state index is 0.122. The number of aromatic nitrogens is 2. The number of halogens is 1. The van der Waals surface area contributed by atoms with Crippen molar-refractivity contribution in [1.29, 1.82) is 0 Å². The number of nitrogens with zero attached hydrogens (tertiary/aromatic N) is 2. The Morgan fingerprint density at radius 1 is 1.50 bits per heavy atom. The normalized spacial score (nSPS) is 17.4. The lowest BCUT2D eigenvalue weighted by Gasteiger charge is -2.24. The van der Waals surface area contributed by atoms with Crippen LogP contribution in [-0.4, -0.2) is 30.0 Å². The lowest BCUT2D eigenvalue weighted by atomic mass is 9.89. The van der Waals surface area contributed by atoms with E-state index in [2.05, 4.69) is 33.3 Å². The molecule has 20 heavy (non-hydrogen) atoms. The fourth-order valence-corrected chi connectivity index (χ4v) is 3.09. The molecule has 0 bridgehead atoms. The quantitative estimate of drug-likeness (QED) is 0.862. The zero-order valence-corrected chi connectivity index (χ0v) is 13.7. The molecule has 6 heteroatoms. The van der Waals surface area contributed by atoms with E-state index in [1.54, 1.807) is 13.3 Å². The van der Waals surface area contributed by atoms with E-state index in [0.717, 1.165) is 12.2 Å². The molecule has 0 spiro atoms. The van der Waals surface area contributed by atoms with Gasteiger partial charge in [0.2, 0.25) is 0 Å². The van der Waals surface area contributed by atoms with E-state index in [9.17, 15) is 4.79 Å². The second kappa shape index (κ2) is 6.72. The Bertz CT molecular complexity index is 510. The second-order valence-electron chi connectivity index (χ2n) is 5.76. The minimum Gasteiger partial charge on any atom is -0.383 e. The molecule has 0 aliphatic heterocycles. The first-order valence-corrected chi connectivity index (χ1v) is 7.83. The molecule has 1 heterocycles. The number of ether oxygens (including phenoxy) is 1. The molecule has 0 saturated heterocycles. The van der Waals surface area contributed by atoms with Crippen LogP contribution in [0.3, 0.4) is 0 Å². The molecule has 112 valence electrons. The van der Waals surface area contributed by atoms with E-state index in [-0.39, 0.29) is 5.56 Å². The fourth-order valence-electron chi connectivity index (χ4n) is 2.64. The molecule has 0 aromatic carbocycles. The molecule has 2 rings (SSSR count). The first-order chi connectivity index (χ1) is 9.56. The van der Waals surface area contributed by atoms with E-state index in [4.69, 9.17) is 4.74 Å². The van der Waals surface area contributed by atoms with Crippen LogP contribution in [0.2, 0.25) is 0 Å². The second-order valence-corrected chi connectivity index (χ2v) is 6.56. The summed E-state index contributed by atoms with van der Waals surface area (Å²) in [5.41, 5.74) is 0.991. The third-order valence-corrected chi connectivity index (χ3v) is 4.77. The third-order valence-electron chi connectivity index (χ3n) is 4.01. The Morgan fingerprint density at radius 2 is 2.20 bits per heavy atom. The van der Waals surface area contributed by atoms with Crippen molar-refractivity contribution >= 4 is 21.6 Å². The van der Waals surface area contributed by atoms with Gasteiger partial charge in [-0.25, -0.2) is 4.68 Å². The highest BCUT2D eigenvalue weighted by molar-refractivity contribution is 9.10. The van der Waals surface area contributed by atoms with Gasteiger partial charge in [0.15, 0.2) is 0 Å². The maximum Gasteiger partial charge on any atom is 0.283 e. The fraction of sp³-hybridized carbons (Fsp3) is 0.714. The Morgan fingerprint density at radius 3 is 2.85 bits per heavy atom. The molecular formula is C14H22BrN3O2. The van der Waals surface area contributed by atoms with Crippen LogP contribution in [0.1, 0.15) is 32.6 Å². The van der Waals surface area contributed by atoms with Crippen molar-refractivity contribution in [3.05, 3.63) is 21.0 Å². The first-order valence-electron chi connectivity index (χ1n) is 7.04. The van der Waals surface area contributed by atoms with Gasteiger partial charge in [-0.2, -0.15) is 5.10 Å². The van der Waals surface area contributed by atoms with Gasteiger partial charge >= 0.3 is 0 Å². The van der Waals surface area contributed by atoms with Crippen LogP contribution < -0.4 is 10.9 Å². The monoisotopic (exact) mass is 343 g/mol. The van der Waals surface area contributed by atoms with Crippen molar-refractivity contribution in [3.8, 4) is 0 Å². The third kappa shape index (κ3) is 3.61. The number of methoxy groups -OCH3 is 1. The summed E-state index contributed by atoms with van der Waals surface area (Å²) in [5.74, 6) is 0. The van der Waals surface area contributed by atoms with Crippen LogP contribution in [0.15, 0.2) is 15.5 Å². The van der Waals surface area contributed by atoms with Gasteiger partial charge < -0.3 is 10.1 Å².